The van der Waals surface area contributed by atoms with Gasteiger partial charge in [-0.3, -0.25) is 9.36 Å². The molecule has 108 valence electrons. The van der Waals surface area contributed by atoms with Crippen LogP contribution >= 0.6 is 0 Å². The van der Waals surface area contributed by atoms with Gasteiger partial charge in [0.25, 0.3) is 5.56 Å². The number of fused-ring (bicyclic) bond motifs is 2. The van der Waals surface area contributed by atoms with Gasteiger partial charge in [0.15, 0.2) is 0 Å². The Morgan fingerprint density at radius 3 is 2.82 bits per heavy atom. The molecule has 0 unspecified atom stereocenters. The van der Waals surface area contributed by atoms with Crippen LogP contribution in [0.2, 0.25) is 0 Å². The van der Waals surface area contributed by atoms with E-state index in [1.54, 1.807) is 10.9 Å². The maximum absolute atomic E-state index is 12.6. The van der Waals surface area contributed by atoms with E-state index in [0.717, 1.165) is 11.3 Å². The molecule has 2 aromatic heterocycles. The van der Waals surface area contributed by atoms with Crippen LogP contribution < -0.4 is 5.56 Å². The second-order valence-corrected chi connectivity index (χ2v) is 5.53. The zero-order valence-corrected chi connectivity index (χ0v) is 12.2. The van der Waals surface area contributed by atoms with Crippen molar-refractivity contribution in [2.45, 2.75) is 13.5 Å². The molecule has 0 radical (unpaired) electrons. The van der Waals surface area contributed by atoms with Gasteiger partial charge in [-0.15, -0.1) is 0 Å². The summed E-state index contributed by atoms with van der Waals surface area (Å²) in [5, 5.41) is 2.99. The third-order valence-corrected chi connectivity index (χ3v) is 3.97. The number of hydrogen-bond acceptors (Lipinski definition) is 2. The van der Waals surface area contributed by atoms with Crippen molar-refractivity contribution in [2.24, 2.45) is 0 Å². The molecule has 0 saturated heterocycles. The fourth-order valence-corrected chi connectivity index (χ4v) is 2.90. The minimum Gasteiger partial charge on any atom is -0.343 e. The van der Waals surface area contributed by atoms with Crippen LogP contribution in [0, 0.1) is 6.92 Å². The van der Waals surface area contributed by atoms with E-state index in [0.29, 0.717) is 17.6 Å². The second-order valence-electron chi connectivity index (χ2n) is 5.53. The number of aryl methyl sites for hydroxylation is 1. The number of H-pyrrole nitrogens is 1. The number of nitrogens with zero attached hydrogens (tertiary/aromatic N) is 2. The largest absolute Gasteiger partial charge is 0.343 e. The highest BCUT2D eigenvalue weighted by molar-refractivity contribution is 5.85. The Bertz CT molecular complexity index is 1040. The Balaban J connectivity index is 1.86. The molecular weight excluding hydrogens is 274 g/mol. The molecule has 2 aromatic carbocycles. The molecule has 4 heteroatoms. The van der Waals surface area contributed by atoms with E-state index in [4.69, 9.17) is 0 Å². The smallest absolute Gasteiger partial charge is 0.263 e. The first-order valence-corrected chi connectivity index (χ1v) is 7.24. The van der Waals surface area contributed by atoms with Crippen molar-refractivity contribution in [3.63, 3.8) is 0 Å². The van der Waals surface area contributed by atoms with Crippen molar-refractivity contribution in [3.8, 4) is 0 Å². The number of aromatic nitrogens is 3. The summed E-state index contributed by atoms with van der Waals surface area (Å²) in [5.74, 6) is 0. The molecule has 0 fully saturated rings. The number of nitrogens with one attached hydrogen (secondary N) is 1. The fraction of sp³-hybridized carbons (Fsp3) is 0.111. The second kappa shape index (κ2) is 4.84. The van der Waals surface area contributed by atoms with Crippen LogP contribution in [0.25, 0.3) is 21.8 Å². The molecular formula is C18H15N3O. The molecule has 0 spiro atoms. The lowest BCUT2D eigenvalue weighted by Crippen LogP contribution is -2.20. The summed E-state index contributed by atoms with van der Waals surface area (Å²) in [5.41, 5.74) is 2.70. The number of rotatable bonds is 2. The molecule has 0 amide bonds. The van der Waals surface area contributed by atoms with Crippen molar-refractivity contribution in [1.29, 1.82) is 0 Å². The summed E-state index contributed by atoms with van der Waals surface area (Å²) in [7, 11) is 0. The van der Waals surface area contributed by atoms with Gasteiger partial charge in [0, 0.05) is 5.69 Å². The predicted octanol–water partition coefficient (Wildman–Crippen LogP) is 3.23. The SMILES string of the molecule is Cc1cc2c(=O)n(Cc3cccc4ccccc34)cnc2[nH]1. The van der Waals surface area contributed by atoms with E-state index in [9.17, 15) is 4.79 Å². The van der Waals surface area contributed by atoms with Crippen LogP contribution in [0.1, 0.15) is 11.3 Å². The highest BCUT2D eigenvalue weighted by Gasteiger charge is 2.08. The van der Waals surface area contributed by atoms with Gasteiger partial charge in [0.05, 0.1) is 11.9 Å². The van der Waals surface area contributed by atoms with Gasteiger partial charge in [0.2, 0.25) is 0 Å². The third-order valence-electron chi connectivity index (χ3n) is 3.97. The van der Waals surface area contributed by atoms with Crippen LogP contribution in [-0.4, -0.2) is 14.5 Å². The summed E-state index contributed by atoms with van der Waals surface area (Å²) < 4.78 is 1.66. The summed E-state index contributed by atoms with van der Waals surface area (Å²) in [6.45, 7) is 2.45. The van der Waals surface area contributed by atoms with Crippen molar-refractivity contribution in [1.82, 2.24) is 14.5 Å². The first kappa shape index (κ1) is 12.8. The maximum Gasteiger partial charge on any atom is 0.263 e. The van der Waals surface area contributed by atoms with Gasteiger partial charge in [-0.05, 0) is 29.3 Å². The average Bonchev–Trinajstić information content (AvgIpc) is 2.92. The monoisotopic (exact) mass is 289 g/mol. The number of hydrogen-bond donors (Lipinski definition) is 1. The average molecular weight is 289 g/mol. The maximum atomic E-state index is 12.6. The molecule has 1 N–H and O–H groups in total. The normalized spacial score (nSPS) is 11.3. The molecule has 0 saturated carbocycles. The van der Waals surface area contributed by atoms with Crippen LogP contribution in [0.5, 0.6) is 0 Å². The quantitative estimate of drug-likeness (QED) is 0.616. The van der Waals surface area contributed by atoms with Gasteiger partial charge in [0.1, 0.15) is 12.0 Å². The molecule has 4 nitrogen and oxygen atoms in total. The van der Waals surface area contributed by atoms with E-state index in [1.807, 2.05) is 31.2 Å². The summed E-state index contributed by atoms with van der Waals surface area (Å²) >= 11 is 0. The molecule has 0 aliphatic heterocycles. The van der Waals surface area contributed by atoms with Crippen LogP contribution in [0.15, 0.2) is 59.7 Å². The molecule has 0 aliphatic rings. The zero-order chi connectivity index (χ0) is 15.1. The molecule has 4 aromatic rings. The number of aromatic amines is 1. The summed E-state index contributed by atoms with van der Waals surface area (Å²) in [6, 6.07) is 16.2. The Morgan fingerprint density at radius 2 is 1.91 bits per heavy atom. The summed E-state index contributed by atoms with van der Waals surface area (Å²) in [4.78, 5) is 20.0. The minimum atomic E-state index is -0.0118. The molecule has 0 aliphatic carbocycles. The molecule has 2 heterocycles. The van der Waals surface area contributed by atoms with Gasteiger partial charge in [-0.2, -0.15) is 0 Å². The molecule has 0 bridgehead atoms. The van der Waals surface area contributed by atoms with E-state index in [2.05, 4.69) is 34.2 Å². The third kappa shape index (κ3) is 2.00. The van der Waals surface area contributed by atoms with Crippen molar-refractivity contribution >= 4 is 21.8 Å². The first-order valence-electron chi connectivity index (χ1n) is 7.24. The van der Waals surface area contributed by atoms with Crippen molar-refractivity contribution in [2.75, 3.05) is 0 Å². The molecule has 0 atom stereocenters. The van der Waals surface area contributed by atoms with Crippen LogP contribution in [0.4, 0.5) is 0 Å². The lowest BCUT2D eigenvalue weighted by molar-refractivity contribution is 0.752. The van der Waals surface area contributed by atoms with Gasteiger partial charge in [-0.25, -0.2) is 4.98 Å². The highest BCUT2D eigenvalue weighted by atomic mass is 16.1. The van der Waals surface area contributed by atoms with Gasteiger partial charge >= 0.3 is 0 Å². The Kier molecular flexibility index (Phi) is 2.82. The van der Waals surface area contributed by atoms with Crippen LogP contribution in [0.3, 0.4) is 0 Å². The molecule has 4 rings (SSSR count). The predicted molar refractivity (Wildman–Crippen MR) is 88.1 cm³/mol. The topological polar surface area (TPSA) is 50.7 Å². The van der Waals surface area contributed by atoms with Crippen molar-refractivity contribution in [3.05, 3.63) is 76.5 Å². The Morgan fingerprint density at radius 1 is 1.09 bits per heavy atom. The van der Waals surface area contributed by atoms with E-state index in [-0.39, 0.29) is 5.56 Å². The minimum absolute atomic E-state index is 0.0118. The highest BCUT2D eigenvalue weighted by Crippen LogP contribution is 2.19. The van der Waals surface area contributed by atoms with E-state index in [1.165, 1.54) is 10.8 Å². The lowest BCUT2D eigenvalue weighted by Gasteiger charge is -2.08. The fourth-order valence-electron chi connectivity index (χ4n) is 2.90. The van der Waals surface area contributed by atoms with E-state index >= 15 is 0 Å². The Hall–Kier alpha value is -2.88. The first-order chi connectivity index (χ1) is 10.7. The van der Waals surface area contributed by atoms with E-state index < -0.39 is 0 Å². The standard InChI is InChI=1S/C18H15N3O/c1-12-9-16-17(20-12)19-11-21(18(16)22)10-14-7-4-6-13-5-2-3-8-15(13)14/h2-9,11,20H,10H2,1H3. The van der Waals surface area contributed by atoms with Crippen molar-refractivity contribution < 1.29 is 0 Å². The number of benzene rings is 2. The lowest BCUT2D eigenvalue weighted by atomic mass is 10.0. The zero-order valence-electron chi connectivity index (χ0n) is 12.2. The van der Waals surface area contributed by atoms with Gasteiger partial charge in [-0.1, -0.05) is 42.5 Å². The Labute approximate surface area is 127 Å². The summed E-state index contributed by atoms with van der Waals surface area (Å²) in [6.07, 6.45) is 1.61. The van der Waals surface area contributed by atoms with Crippen LogP contribution in [-0.2, 0) is 6.54 Å². The van der Waals surface area contributed by atoms with Gasteiger partial charge < -0.3 is 4.98 Å². The molecule has 22 heavy (non-hydrogen) atoms.